The summed E-state index contributed by atoms with van der Waals surface area (Å²) in [4.78, 5) is 16.9. The fourth-order valence-corrected chi connectivity index (χ4v) is 3.95. The van der Waals surface area contributed by atoms with E-state index < -0.39 is 17.4 Å². The first kappa shape index (κ1) is 21.9. The van der Waals surface area contributed by atoms with E-state index in [1.807, 2.05) is 6.07 Å². The fraction of sp³-hybridized carbons (Fsp3) is 0.0870. The maximum atomic E-state index is 13.4. The van der Waals surface area contributed by atoms with E-state index in [2.05, 4.69) is 20.3 Å². The van der Waals surface area contributed by atoms with E-state index >= 15 is 0 Å². The van der Waals surface area contributed by atoms with Crippen LogP contribution in [0.4, 0.5) is 19.1 Å². The minimum Gasteiger partial charge on any atom is -0.366 e. The van der Waals surface area contributed by atoms with Gasteiger partial charge in [0, 0.05) is 17.3 Å². The van der Waals surface area contributed by atoms with Crippen molar-refractivity contribution in [3.05, 3.63) is 81.9 Å². The highest BCUT2D eigenvalue weighted by molar-refractivity contribution is 5.86. The molecule has 5 aromatic rings. The zero-order valence-corrected chi connectivity index (χ0v) is 18.0. The van der Waals surface area contributed by atoms with Gasteiger partial charge in [-0.25, -0.2) is 19.0 Å². The van der Waals surface area contributed by atoms with Crippen LogP contribution in [-0.2, 0) is 6.18 Å². The summed E-state index contributed by atoms with van der Waals surface area (Å²) in [5.41, 5.74) is 7.09. The molecule has 0 amide bonds. The Balaban J connectivity index is 1.79. The average molecular weight is 476 g/mol. The van der Waals surface area contributed by atoms with Crippen molar-refractivity contribution in [1.29, 1.82) is 5.26 Å². The van der Waals surface area contributed by atoms with Crippen LogP contribution >= 0.6 is 0 Å². The van der Waals surface area contributed by atoms with E-state index in [0.717, 1.165) is 12.1 Å². The Morgan fingerprint density at radius 2 is 1.89 bits per heavy atom. The van der Waals surface area contributed by atoms with Gasteiger partial charge in [0.15, 0.2) is 11.5 Å². The monoisotopic (exact) mass is 476 g/mol. The van der Waals surface area contributed by atoms with Gasteiger partial charge in [-0.1, -0.05) is 12.1 Å². The SMILES string of the molecule is Cc1c(-c2n[nH]c(=O)n2-c2ccc(C#N)cc2)cn2nc(N)nc2c1-c1cccc(C(F)(F)F)c1. The Hall–Kier alpha value is -4.92. The molecule has 3 aromatic heterocycles. The molecule has 3 N–H and O–H groups in total. The molecule has 35 heavy (non-hydrogen) atoms. The number of aromatic amines is 1. The fourth-order valence-electron chi connectivity index (χ4n) is 3.95. The normalized spacial score (nSPS) is 11.6. The zero-order valence-electron chi connectivity index (χ0n) is 18.0. The van der Waals surface area contributed by atoms with Gasteiger partial charge in [0.2, 0.25) is 5.95 Å². The van der Waals surface area contributed by atoms with Crippen molar-refractivity contribution in [1.82, 2.24) is 29.4 Å². The highest BCUT2D eigenvalue weighted by atomic mass is 19.4. The number of nitrogens with one attached hydrogen (secondary N) is 1. The summed E-state index contributed by atoms with van der Waals surface area (Å²) in [6, 6.07) is 13.1. The lowest BCUT2D eigenvalue weighted by molar-refractivity contribution is -0.137. The second kappa shape index (κ2) is 7.84. The summed E-state index contributed by atoms with van der Waals surface area (Å²) in [6.45, 7) is 1.69. The van der Waals surface area contributed by atoms with Crippen LogP contribution in [0.1, 0.15) is 16.7 Å². The third kappa shape index (κ3) is 3.68. The first-order chi connectivity index (χ1) is 16.7. The summed E-state index contributed by atoms with van der Waals surface area (Å²) in [5, 5.41) is 19.8. The number of nitrogen functional groups attached to an aromatic ring is 1. The maximum Gasteiger partial charge on any atom is 0.416 e. The molecule has 0 atom stereocenters. The first-order valence-corrected chi connectivity index (χ1v) is 10.2. The summed E-state index contributed by atoms with van der Waals surface area (Å²) in [6.07, 6.45) is -2.98. The number of hydrogen-bond donors (Lipinski definition) is 2. The summed E-state index contributed by atoms with van der Waals surface area (Å²) in [5.74, 6) is 0.127. The van der Waals surface area contributed by atoms with E-state index in [9.17, 15) is 18.0 Å². The van der Waals surface area contributed by atoms with Crippen LogP contribution in [0, 0.1) is 18.3 Å². The number of rotatable bonds is 3. The van der Waals surface area contributed by atoms with Gasteiger partial charge in [-0.05, 0) is 54.4 Å². The number of alkyl halides is 3. The molecule has 0 aliphatic rings. The number of H-pyrrole nitrogens is 1. The molecule has 0 aliphatic heterocycles. The van der Waals surface area contributed by atoms with Gasteiger partial charge in [0.1, 0.15) is 0 Å². The van der Waals surface area contributed by atoms with Crippen molar-refractivity contribution in [2.24, 2.45) is 0 Å². The lowest BCUT2D eigenvalue weighted by atomic mass is 9.96. The second-order valence-corrected chi connectivity index (χ2v) is 7.71. The largest absolute Gasteiger partial charge is 0.416 e. The number of halogens is 3. The molecule has 0 fully saturated rings. The Bertz CT molecular complexity index is 1690. The van der Waals surface area contributed by atoms with Gasteiger partial charge in [-0.3, -0.25) is 0 Å². The van der Waals surface area contributed by atoms with Crippen LogP contribution in [0.5, 0.6) is 0 Å². The molecule has 5 rings (SSSR count). The molecule has 3 heterocycles. The number of nitrogens with zero attached hydrogens (tertiary/aromatic N) is 6. The van der Waals surface area contributed by atoms with Crippen molar-refractivity contribution >= 4 is 11.6 Å². The zero-order chi connectivity index (χ0) is 24.9. The molecule has 12 heteroatoms. The van der Waals surface area contributed by atoms with Gasteiger partial charge in [0.25, 0.3) is 0 Å². The molecule has 0 aliphatic carbocycles. The highest BCUT2D eigenvalue weighted by Gasteiger charge is 2.31. The van der Waals surface area contributed by atoms with Crippen LogP contribution in [0.15, 0.2) is 59.5 Å². The Morgan fingerprint density at radius 1 is 1.14 bits per heavy atom. The topological polar surface area (TPSA) is 131 Å². The van der Waals surface area contributed by atoms with Crippen molar-refractivity contribution in [2.75, 3.05) is 5.73 Å². The molecule has 174 valence electrons. The Labute approximate surface area is 194 Å². The third-order valence-corrected chi connectivity index (χ3v) is 5.55. The molecule has 0 spiro atoms. The van der Waals surface area contributed by atoms with Gasteiger partial charge < -0.3 is 5.73 Å². The quantitative estimate of drug-likeness (QED) is 0.408. The highest BCUT2D eigenvalue weighted by Crippen LogP contribution is 2.37. The Morgan fingerprint density at radius 3 is 2.57 bits per heavy atom. The number of nitriles is 1. The van der Waals surface area contributed by atoms with Gasteiger partial charge in [0.05, 0.1) is 22.9 Å². The second-order valence-electron chi connectivity index (χ2n) is 7.71. The molecule has 0 saturated carbocycles. The number of anilines is 1. The molecule has 9 nitrogen and oxygen atoms in total. The molecule has 0 saturated heterocycles. The molecular weight excluding hydrogens is 461 g/mol. The number of pyridine rings is 1. The Kier molecular flexibility index (Phi) is 4.91. The van der Waals surface area contributed by atoms with Gasteiger partial charge in [-0.2, -0.15) is 28.5 Å². The summed E-state index contributed by atoms with van der Waals surface area (Å²) >= 11 is 0. The standard InChI is InChI=1S/C23H15F3N8O/c1-12-17(19-30-31-22(35)34(19)16-7-5-13(10-27)6-8-16)11-33-20(29-21(28)32-33)18(12)14-3-2-4-15(9-14)23(24,25)26/h2-9,11H,1H3,(H2,28,32)(H,31,35). The van der Waals surface area contributed by atoms with Gasteiger partial charge >= 0.3 is 11.9 Å². The molecular formula is C23H15F3N8O. The number of nitrogens with two attached hydrogens (primary N) is 1. The van der Waals surface area contributed by atoms with E-state index in [1.165, 1.54) is 21.2 Å². The minimum atomic E-state index is -4.54. The third-order valence-electron chi connectivity index (χ3n) is 5.55. The predicted molar refractivity (Wildman–Crippen MR) is 120 cm³/mol. The average Bonchev–Trinajstić information content (AvgIpc) is 3.39. The van der Waals surface area contributed by atoms with Gasteiger partial charge in [-0.15, -0.1) is 5.10 Å². The van der Waals surface area contributed by atoms with Crippen LogP contribution < -0.4 is 11.4 Å². The molecule has 2 aromatic carbocycles. The number of aromatic nitrogens is 6. The first-order valence-electron chi connectivity index (χ1n) is 10.2. The lowest BCUT2D eigenvalue weighted by Gasteiger charge is -2.15. The number of fused-ring (bicyclic) bond motifs is 1. The maximum absolute atomic E-state index is 13.4. The van der Waals surface area contributed by atoms with Crippen molar-refractivity contribution in [3.63, 3.8) is 0 Å². The summed E-state index contributed by atoms with van der Waals surface area (Å²) in [7, 11) is 0. The van der Waals surface area contributed by atoms with E-state index in [4.69, 9.17) is 11.0 Å². The van der Waals surface area contributed by atoms with E-state index in [1.54, 1.807) is 37.4 Å². The van der Waals surface area contributed by atoms with Crippen molar-refractivity contribution < 1.29 is 13.2 Å². The smallest absolute Gasteiger partial charge is 0.366 e. The lowest BCUT2D eigenvalue weighted by Crippen LogP contribution is -2.16. The van der Waals surface area contributed by atoms with Crippen molar-refractivity contribution in [2.45, 2.75) is 13.1 Å². The molecule has 0 unspecified atom stereocenters. The summed E-state index contributed by atoms with van der Waals surface area (Å²) < 4.78 is 42.9. The molecule has 0 bridgehead atoms. The molecule has 0 radical (unpaired) electrons. The van der Waals surface area contributed by atoms with Crippen LogP contribution in [-0.4, -0.2) is 29.4 Å². The minimum absolute atomic E-state index is 0.0683. The van der Waals surface area contributed by atoms with Crippen LogP contribution in [0.2, 0.25) is 0 Å². The van der Waals surface area contributed by atoms with Crippen molar-refractivity contribution in [3.8, 4) is 34.3 Å². The van der Waals surface area contributed by atoms with Crippen LogP contribution in [0.25, 0.3) is 33.8 Å². The predicted octanol–water partition coefficient (Wildman–Crippen LogP) is 3.72. The van der Waals surface area contributed by atoms with Crippen LogP contribution in [0.3, 0.4) is 0 Å². The van der Waals surface area contributed by atoms with E-state index in [-0.39, 0.29) is 23.0 Å². The number of hydrogen-bond acceptors (Lipinski definition) is 6. The number of benzene rings is 2. The van der Waals surface area contributed by atoms with E-state index in [0.29, 0.717) is 27.9 Å².